The molecule has 1 unspecified atom stereocenters. The van der Waals surface area contributed by atoms with Gasteiger partial charge in [0.2, 0.25) is 0 Å². The predicted octanol–water partition coefficient (Wildman–Crippen LogP) is 5.74. The van der Waals surface area contributed by atoms with Crippen LogP contribution in [0.2, 0.25) is 23.2 Å². The molecule has 178 valence electrons. The summed E-state index contributed by atoms with van der Waals surface area (Å²) in [5.41, 5.74) is 1.49. The van der Waals surface area contributed by atoms with E-state index < -0.39 is 26.6 Å². The number of nitrogens with zero attached hydrogens (tertiary/aromatic N) is 3. The van der Waals surface area contributed by atoms with Crippen molar-refractivity contribution in [3.8, 4) is 0 Å². The van der Waals surface area contributed by atoms with Gasteiger partial charge >= 0.3 is 6.09 Å². The number of fused-ring (bicyclic) bond motifs is 1. The van der Waals surface area contributed by atoms with Gasteiger partial charge in [-0.15, -0.1) is 0 Å². The van der Waals surface area contributed by atoms with E-state index >= 15 is 0 Å². The maximum absolute atomic E-state index is 12.0. The highest BCUT2D eigenvalue weighted by molar-refractivity contribution is 9.10. The first kappa shape index (κ1) is 25.5. The molecule has 3 atom stereocenters. The fourth-order valence-corrected chi connectivity index (χ4v) is 5.94. The van der Waals surface area contributed by atoms with Crippen LogP contribution in [0.25, 0.3) is 11.0 Å². The van der Waals surface area contributed by atoms with Gasteiger partial charge < -0.3 is 24.1 Å². The number of halogens is 2. The molecule has 0 aliphatic carbocycles. The summed E-state index contributed by atoms with van der Waals surface area (Å²) in [6, 6.07) is 3.36. The molecule has 1 amide bonds. The lowest BCUT2D eigenvalue weighted by Gasteiger charge is -2.46. The quantitative estimate of drug-likeness (QED) is 0.451. The van der Waals surface area contributed by atoms with Crippen molar-refractivity contribution in [3.63, 3.8) is 0 Å². The minimum Gasteiger partial charge on any atom is -0.465 e. The third-order valence-corrected chi connectivity index (χ3v) is 12.6. The summed E-state index contributed by atoms with van der Waals surface area (Å²) >= 11 is 9.74. The first-order valence-electron chi connectivity index (χ1n) is 11.0. The average molecular weight is 547 g/mol. The molecule has 2 heterocycles. The van der Waals surface area contributed by atoms with Crippen molar-refractivity contribution in [2.45, 2.75) is 83.0 Å². The lowest BCUT2D eigenvalue weighted by Crippen LogP contribution is -2.56. The molecule has 1 aliphatic rings. The molecule has 32 heavy (non-hydrogen) atoms. The van der Waals surface area contributed by atoms with Gasteiger partial charge in [-0.1, -0.05) is 32.4 Å². The topological polar surface area (TPSA) is 87.8 Å². The second-order valence-electron chi connectivity index (χ2n) is 10.1. The highest BCUT2D eigenvalue weighted by atomic mass is 79.9. The van der Waals surface area contributed by atoms with E-state index in [0.717, 1.165) is 22.8 Å². The van der Waals surface area contributed by atoms with Gasteiger partial charge in [0.1, 0.15) is 5.52 Å². The SMILES string of the molecule is CC(C)(C)[Si](C)(C)O[C@H]1CCCN(C(=O)O)[C@@H]1CC(O)Cn1cnc2c(Cl)c(Br)ccc21. The van der Waals surface area contributed by atoms with E-state index in [1.807, 2.05) is 16.7 Å². The zero-order valence-corrected chi connectivity index (χ0v) is 22.7. The van der Waals surface area contributed by atoms with E-state index in [2.05, 4.69) is 54.8 Å². The Kier molecular flexibility index (Phi) is 7.66. The summed E-state index contributed by atoms with van der Waals surface area (Å²) in [6.07, 6.45) is 1.57. The molecule has 2 aromatic rings. The Morgan fingerprint density at radius 3 is 2.72 bits per heavy atom. The first-order valence-corrected chi connectivity index (χ1v) is 15.0. The molecule has 1 aromatic carbocycles. The number of rotatable bonds is 6. The fourth-order valence-electron chi connectivity index (χ4n) is 4.03. The van der Waals surface area contributed by atoms with Gasteiger partial charge in [0.25, 0.3) is 0 Å². The fraction of sp³-hybridized carbons (Fsp3) is 0.636. The zero-order chi connectivity index (χ0) is 23.8. The monoisotopic (exact) mass is 545 g/mol. The molecular weight excluding hydrogens is 514 g/mol. The summed E-state index contributed by atoms with van der Waals surface area (Å²) < 4.78 is 9.28. The Morgan fingerprint density at radius 1 is 1.41 bits per heavy atom. The van der Waals surface area contributed by atoms with E-state index in [1.165, 1.54) is 4.90 Å². The maximum Gasteiger partial charge on any atom is 0.407 e. The van der Waals surface area contributed by atoms with Crippen LogP contribution in [-0.4, -0.2) is 63.9 Å². The summed E-state index contributed by atoms with van der Waals surface area (Å²) in [5.74, 6) is 0. The van der Waals surface area contributed by atoms with Crippen LogP contribution in [0, 0.1) is 0 Å². The average Bonchev–Trinajstić information content (AvgIpc) is 3.08. The van der Waals surface area contributed by atoms with Crippen LogP contribution >= 0.6 is 27.5 Å². The summed E-state index contributed by atoms with van der Waals surface area (Å²) in [5, 5.41) is 21.3. The number of hydrogen-bond donors (Lipinski definition) is 2. The molecule has 0 bridgehead atoms. The second-order valence-corrected chi connectivity index (χ2v) is 16.1. The lowest BCUT2D eigenvalue weighted by molar-refractivity contribution is -0.00324. The second kappa shape index (κ2) is 9.62. The van der Waals surface area contributed by atoms with Gasteiger partial charge in [-0.3, -0.25) is 0 Å². The standard InChI is InChI=1S/C22H33BrClN3O4Si/c1-22(2,3)32(4,5)31-18-7-6-10-27(21(29)30)17(18)11-14(28)12-26-13-25-20-16(26)9-8-15(23)19(20)24/h8-9,13-14,17-18,28H,6-7,10-12H2,1-5H3,(H,29,30)/t14?,17-,18+/m1/s1. The van der Waals surface area contributed by atoms with Gasteiger partial charge in [-0.2, -0.15) is 0 Å². The van der Waals surface area contributed by atoms with Gasteiger partial charge in [0, 0.05) is 11.0 Å². The number of amides is 1. The predicted molar refractivity (Wildman–Crippen MR) is 133 cm³/mol. The van der Waals surface area contributed by atoms with Crippen molar-refractivity contribution in [2.24, 2.45) is 0 Å². The van der Waals surface area contributed by atoms with Crippen LogP contribution in [0.3, 0.4) is 0 Å². The van der Waals surface area contributed by atoms with Crippen LogP contribution in [0.5, 0.6) is 0 Å². The Morgan fingerprint density at radius 2 is 2.09 bits per heavy atom. The van der Waals surface area contributed by atoms with Crippen molar-refractivity contribution in [1.82, 2.24) is 14.5 Å². The third kappa shape index (κ3) is 5.33. The molecule has 1 aliphatic heterocycles. The number of aliphatic hydroxyl groups is 1. The Bertz CT molecular complexity index is 978. The van der Waals surface area contributed by atoms with Crippen LogP contribution in [0.1, 0.15) is 40.0 Å². The van der Waals surface area contributed by atoms with Crippen molar-refractivity contribution in [3.05, 3.63) is 28.0 Å². The Balaban J connectivity index is 1.80. The summed E-state index contributed by atoms with van der Waals surface area (Å²) in [6.45, 7) is 11.6. The van der Waals surface area contributed by atoms with Crippen molar-refractivity contribution in [1.29, 1.82) is 0 Å². The van der Waals surface area contributed by atoms with Crippen LogP contribution in [0.15, 0.2) is 22.9 Å². The first-order chi connectivity index (χ1) is 14.8. The van der Waals surface area contributed by atoms with Gasteiger partial charge in [-0.05, 0) is 65.5 Å². The van der Waals surface area contributed by atoms with E-state index in [-0.39, 0.29) is 11.1 Å². The largest absolute Gasteiger partial charge is 0.465 e. The zero-order valence-electron chi connectivity index (χ0n) is 19.3. The Labute approximate surface area is 204 Å². The highest BCUT2D eigenvalue weighted by Gasteiger charge is 2.44. The van der Waals surface area contributed by atoms with Crippen LogP contribution in [0.4, 0.5) is 4.79 Å². The number of carboxylic acid groups (broad SMARTS) is 1. The molecule has 3 rings (SSSR count). The van der Waals surface area contributed by atoms with E-state index in [4.69, 9.17) is 16.0 Å². The van der Waals surface area contributed by atoms with Crippen LogP contribution < -0.4 is 0 Å². The molecule has 2 N–H and O–H groups in total. The molecule has 0 radical (unpaired) electrons. The van der Waals surface area contributed by atoms with Crippen molar-refractivity contribution < 1.29 is 19.4 Å². The minimum absolute atomic E-state index is 0.0188. The molecule has 7 nitrogen and oxygen atoms in total. The molecule has 0 spiro atoms. The number of aliphatic hydroxyl groups excluding tert-OH is 1. The number of hydrogen-bond acceptors (Lipinski definition) is 4. The molecule has 0 saturated carbocycles. The number of likely N-dealkylation sites (tertiary alicyclic amines) is 1. The number of benzene rings is 1. The minimum atomic E-state index is -2.10. The van der Waals surface area contributed by atoms with Crippen molar-refractivity contribution in [2.75, 3.05) is 6.54 Å². The van der Waals surface area contributed by atoms with E-state index in [1.54, 1.807) is 6.33 Å². The molecule has 1 aromatic heterocycles. The number of aromatic nitrogens is 2. The van der Waals surface area contributed by atoms with E-state index in [9.17, 15) is 15.0 Å². The summed E-state index contributed by atoms with van der Waals surface area (Å²) in [4.78, 5) is 17.8. The van der Waals surface area contributed by atoms with Gasteiger partial charge in [0.15, 0.2) is 8.32 Å². The Hall–Kier alpha value is -1.13. The maximum atomic E-state index is 12.0. The van der Waals surface area contributed by atoms with Gasteiger partial charge in [-0.25, -0.2) is 9.78 Å². The summed E-state index contributed by atoms with van der Waals surface area (Å²) in [7, 11) is -2.10. The van der Waals surface area contributed by atoms with Crippen LogP contribution in [-0.2, 0) is 11.0 Å². The molecule has 10 heteroatoms. The highest BCUT2D eigenvalue weighted by Crippen LogP contribution is 2.39. The number of piperidine rings is 1. The third-order valence-electron chi connectivity index (χ3n) is 6.82. The molecular formula is C22H33BrClN3O4Si. The smallest absolute Gasteiger partial charge is 0.407 e. The number of carbonyl (C=O) groups is 1. The normalized spacial score (nSPS) is 21.2. The number of imidazole rings is 1. The van der Waals surface area contributed by atoms with Gasteiger partial charge in [0.05, 0.1) is 41.7 Å². The lowest BCUT2D eigenvalue weighted by atomic mass is 9.94. The van der Waals surface area contributed by atoms with E-state index in [0.29, 0.717) is 30.0 Å². The molecule has 1 fully saturated rings. The van der Waals surface area contributed by atoms with Crippen molar-refractivity contribution >= 4 is 53.0 Å². The molecule has 1 saturated heterocycles.